The number of benzene rings is 3. The van der Waals surface area contributed by atoms with Crippen molar-refractivity contribution in [3.8, 4) is 11.1 Å². The summed E-state index contributed by atoms with van der Waals surface area (Å²) in [6, 6.07) is 14.2. The van der Waals surface area contributed by atoms with E-state index in [0.717, 1.165) is 44.0 Å². The molecule has 3 aliphatic rings. The van der Waals surface area contributed by atoms with E-state index < -0.39 is 52.5 Å². The van der Waals surface area contributed by atoms with Gasteiger partial charge >= 0.3 is 0 Å². The Balaban J connectivity index is 0.875. The number of nitrogens with one attached hydrogen (secondary N) is 3. The van der Waals surface area contributed by atoms with Crippen molar-refractivity contribution in [3.05, 3.63) is 129 Å². The largest absolute Gasteiger partial charge is 0.386 e. The number of aryl methyl sites for hydroxylation is 1. The Kier molecular flexibility index (Phi) is 12.3. The molecule has 3 saturated heterocycles. The molecule has 5 aromatic rings. The van der Waals surface area contributed by atoms with Crippen LogP contribution >= 0.6 is 0 Å². The first kappa shape index (κ1) is 45.0. The third kappa shape index (κ3) is 9.47. The number of amides is 3. The number of piperazine rings is 1. The average molecular weight is 895 g/mol. The zero-order valence-corrected chi connectivity index (χ0v) is 36.6. The standard InChI is InChI=1S/C48H50F4N8O5/c1-26-21-58(22-28-23-59(24-28)33-18-38(51)44(39(52)19-33)35-9-11-43(61)56-46(35)63)12-13-60(26)32-7-10-42(53-20-32)54-41-14-29(25-57(5)47(41)64)36-16-31(49)17-40(27(36)2)55-45(62)34-8-6-30(15-37(34)50)48(3,4)65/h6-8,10,14-20,25-26,28,35,65H,9,11-13,21-24H2,1-5H3,(H,53,54)(H,55,62)(H,56,61,63)/t26-,35?/m0/s1. The number of carbonyl (C=O) groups is 3. The van der Waals surface area contributed by atoms with Crippen LogP contribution in [0.25, 0.3) is 11.1 Å². The van der Waals surface area contributed by atoms with Gasteiger partial charge in [-0.1, -0.05) is 6.07 Å². The Morgan fingerprint density at radius 3 is 2.29 bits per heavy atom. The van der Waals surface area contributed by atoms with Crippen LogP contribution in [0, 0.1) is 36.1 Å². The predicted octanol–water partition coefficient (Wildman–Crippen LogP) is 6.70. The van der Waals surface area contributed by atoms with Crippen LogP contribution in [0.3, 0.4) is 0 Å². The van der Waals surface area contributed by atoms with Gasteiger partial charge in [0.2, 0.25) is 11.8 Å². The van der Waals surface area contributed by atoms with E-state index in [4.69, 9.17) is 0 Å². The second kappa shape index (κ2) is 17.8. The first-order valence-electron chi connectivity index (χ1n) is 21.5. The Morgan fingerprint density at radius 1 is 0.908 bits per heavy atom. The molecule has 17 heteroatoms. The fourth-order valence-corrected chi connectivity index (χ4v) is 8.99. The van der Waals surface area contributed by atoms with Gasteiger partial charge in [0.05, 0.1) is 29.0 Å². The molecule has 3 amide bonds. The minimum atomic E-state index is -1.31. The zero-order chi connectivity index (χ0) is 46.5. The molecule has 0 radical (unpaired) electrons. The quantitative estimate of drug-likeness (QED) is 0.0833. The summed E-state index contributed by atoms with van der Waals surface area (Å²) in [5, 5.41) is 18.1. The van der Waals surface area contributed by atoms with Crippen LogP contribution in [0.1, 0.15) is 66.6 Å². The molecule has 2 aromatic heterocycles. The van der Waals surface area contributed by atoms with Crippen LogP contribution < -0.4 is 31.3 Å². The van der Waals surface area contributed by atoms with E-state index in [1.165, 1.54) is 48.7 Å². The van der Waals surface area contributed by atoms with E-state index in [2.05, 4.69) is 37.7 Å². The van der Waals surface area contributed by atoms with Crippen LogP contribution in [-0.4, -0.2) is 82.6 Å². The van der Waals surface area contributed by atoms with Crippen LogP contribution in [0.4, 0.5) is 46.1 Å². The number of piperidine rings is 1. The van der Waals surface area contributed by atoms with E-state index in [1.54, 1.807) is 38.5 Å². The number of anilines is 5. The molecule has 3 aromatic carbocycles. The number of rotatable bonds is 11. The lowest BCUT2D eigenvalue weighted by atomic mass is 9.89. The van der Waals surface area contributed by atoms with Gasteiger partial charge in [-0.05, 0) is 105 Å². The van der Waals surface area contributed by atoms with Gasteiger partial charge in [-0.2, -0.15) is 0 Å². The van der Waals surface area contributed by atoms with Gasteiger partial charge in [-0.25, -0.2) is 22.5 Å². The number of halogens is 4. The summed E-state index contributed by atoms with van der Waals surface area (Å²) in [5.74, 6) is -5.31. The molecule has 4 N–H and O–H groups in total. The molecular formula is C48H50F4N8O5. The SMILES string of the molecule is Cc1c(NC(=O)c2ccc(C(C)(C)O)cc2F)cc(F)cc1-c1cc(Nc2ccc(N3CCN(CC4CN(c5cc(F)c(C6CCC(=O)NC6=O)c(F)c5)C4)C[C@@H]3C)cn2)c(=O)n(C)c1. The van der Waals surface area contributed by atoms with E-state index in [-0.39, 0.29) is 46.9 Å². The lowest BCUT2D eigenvalue weighted by Crippen LogP contribution is -2.57. The van der Waals surface area contributed by atoms with Crippen LogP contribution in [0.2, 0.25) is 0 Å². The lowest BCUT2D eigenvalue weighted by molar-refractivity contribution is -0.134. The van der Waals surface area contributed by atoms with Gasteiger partial charge in [0.15, 0.2) is 0 Å². The molecule has 2 atom stereocenters. The van der Waals surface area contributed by atoms with Gasteiger partial charge in [0.1, 0.15) is 34.8 Å². The topological polar surface area (TPSA) is 152 Å². The molecule has 0 bridgehead atoms. The highest BCUT2D eigenvalue weighted by atomic mass is 19.1. The molecule has 340 valence electrons. The van der Waals surface area contributed by atoms with E-state index in [9.17, 15) is 28.7 Å². The maximum absolute atomic E-state index is 15.1. The molecule has 0 saturated carbocycles. The van der Waals surface area contributed by atoms with Crippen molar-refractivity contribution >= 4 is 46.3 Å². The lowest BCUT2D eigenvalue weighted by Gasteiger charge is -2.46. The summed E-state index contributed by atoms with van der Waals surface area (Å²) in [6.07, 6.45) is 3.40. The first-order chi connectivity index (χ1) is 30.8. The summed E-state index contributed by atoms with van der Waals surface area (Å²) >= 11 is 0. The number of carbonyl (C=O) groups excluding carboxylic acids is 3. The second-order valence-electron chi connectivity index (χ2n) is 17.8. The molecular weight excluding hydrogens is 845 g/mol. The monoisotopic (exact) mass is 894 g/mol. The van der Waals surface area contributed by atoms with Crippen LogP contribution in [0.5, 0.6) is 0 Å². The van der Waals surface area contributed by atoms with Gasteiger partial charge in [0, 0.05) is 93.4 Å². The molecule has 0 spiro atoms. The van der Waals surface area contributed by atoms with Crippen molar-refractivity contribution in [2.24, 2.45) is 13.0 Å². The van der Waals surface area contributed by atoms with Crippen molar-refractivity contribution < 1.29 is 37.1 Å². The van der Waals surface area contributed by atoms with Crippen molar-refractivity contribution in [2.75, 3.05) is 59.7 Å². The maximum atomic E-state index is 15.1. The maximum Gasteiger partial charge on any atom is 0.274 e. The summed E-state index contributed by atoms with van der Waals surface area (Å²) < 4.78 is 61.7. The molecule has 3 aliphatic heterocycles. The molecule has 0 aliphatic carbocycles. The highest BCUT2D eigenvalue weighted by molar-refractivity contribution is 6.05. The molecule has 8 rings (SSSR count). The Labute approximate surface area is 373 Å². The van der Waals surface area contributed by atoms with Crippen LogP contribution in [-0.2, 0) is 22.2 Å². The van der Waals surface area contributed by atoms with E-state index in [1.807, 2.05) is 11.0 Å². The summed E-state index contributed by atoms with van der Waals surface area (Å²) in [5.41, 5.74) is 1.03. The number of hydrogen-bond acceptors (Lipinski definition) is 10. The highest BCUT2D eigenvalue weighted by Gasteiger charge is 2.36. The van der Waals surface area contributed by atoms with Crippen molar-refractivity contribution in [1.29, 1.82) is 0 Å². The third-order valence-corrected chi connectivity index (χ3v) is 12.6. The molecule has 3 fully saturated rings. The Morgan fingerprint density at radius 2 is 1.65 bits per heavy atom. The zero-order valence-electron chi connectivity index (χ0n) is 36.6. The van der Waals surface area contributed by atoms with Gasteiger partial charge in [-0.15, -0.1) is 0 Å². The summed E-state index contributed by atoms with van der Waals surface area (Å²) in [7, 11) is 1.57. The first-order valence-corrected chi connectivity index (χ1v) is 21.5. The number of nitrogens with zero attached hydrogens (tertiary/aromatic N) is 5. The predicted molar refractivity (Wildman–Crippen MR) is 239 cm³/mol. The molecule has 65 heavy (non-hydrogen) atoms. The average Bonchev–Trinajstić information content (AvgIpc) is 3.22. The number of pyridine rings is 2. The minimum Gasteiger partial charge on any atom is -0.386 e. The van der Waals surface area contributed by atoms with Crippen molar-refractivity contribution in [1.82, 2.24) is 19.8 Å². The van der Waals surface area contributed by atoms with Gasteiger partial charge in [-0.3, -0.25) is 29.4 Å². The Hall–Kier alpha value is -6.59. The third-order valence-electron chi connectivity index (χ3n) is 12.6. The summed E-state index contributed by atoms with van der Waals surface area (Å²) in [4.78, 5) is 61.4. The van der Waals surface area contributed by atoms with E-state index in [0.29, 0.717) is 52.8 Å². The molecule has 5 heterocycles. The number of aromatic nitrogens is 2. The van der Waals surface area contributed by atoms with Crippen molar-refractivity contribution in [2.45, 2.75) is 58.1 Å². The molecule has 1 unspecified atom stereocenters. The minimum absolute atomic E-state index is 0.0328. The Bertz CT molecular complexity index is 2730. The second-order valence-corrected chi connectivity index (χ2v) is 17.8. The fraction of sp³-hybridized carbons (Fsp3) is 0.354. The van der Waals surface area contributed by atoms with Crippen LogP contribution in [0.15, 0.2) is 77.9 Å². The summed E-state index contributed by atoms with van der Waals surface area (Å²) in [6.45, 7) is 11.3. The number of hydrogen-bond donors (Lipinski definition) is 4. The fourth-order valence-electron chi connectivity index (χ4n) is 8.99. The van der Waals surface area contributed by atoms with E-state index >= 15 is 13.2 Å². The smallest absolute Gasteiger partial charge is 0.274 e. The number of imide groups is 1. The van der Waals surface area contributed by atoms with Gasteiger partial charge in [0.25, 0.3) is 11.5 Å². The number of aliphatic hydroxyl groups is 1. The normalized spacial score (nSPS) is 18.4. The van der Waals surface area contributed by atoms with Gasteiger partial charge < -0.3 is 30.1 Å². The van der Waals surface area contributed by atoms with Crippen molar-refractivity contribution in [3.63, 3.8) is 0 Å². The highest BCUT2D eigenvalue weighted by Crippen LogP contribution is 2.36. The molecule has 13 nitrogen and oxygen atoms in total.